The van der Waals surface area contributed by atoms with Crippen molar-refractivity contribution in [1.82, 2.24) is 0 Å². The summed E-state index contributed by atoms with van der Waals surface area (Å²) in [6, 6.07) is 0. The Labute approximate surface area is 112 Å². The molecule has 0 atom stereocenters. The Morgan fingerprint density at radius 1 is 0.889 bits per heavy atom. The number of hydrogen-bond acceptors (Lipinski definition) is 3. The van der Waals surface area contributed by atoms with Gasteiger partial charge in [-0.25, -0.2) is 0 Å². The fraction of sp³-hybridized carbons (Fsp3) is 0.714. The molecule has 0 unspecified atom stereocenters. The van der Waals surface area contributed by atoms with E-state index in [0.717, 1.165) is 31.9 Å². The van der Waals surface area contributed by atoms with Crippen LogP contribution in [0, 0.1) is 0 Å². The standard InChI is InChI=1S/C14H26O3S/c1-3-4-5-6-7-8-9-10-11-12-13-14-17-18(2,15)16/h6-7,10-11H,3-5,8-9,12-14H2,1-2H3/b7-6+,11-10-. The second-order valence-electron chi connectivity index (χ2n) is 4.33. The third kappa shape index (κ3) is 15.4. The third-order valence-corrected chi connectivity index (χ3v) is 2.97. The van der Waals surface area contributed by atoms with Gasteiger partial charge in [0.1, 0.15) is 0 Å². The second kappa shape index (κ2) is 11.5. The maximum absolute atomic E-state index is 10.7. The van der Waals surface area contributed by atoms with E-state index in [2.05, 4.69) is 35.4 Å². The highest BCUT2D eigenvalue weighted by Gasteiger charge is 1.98. The predicted octanol–water partition coefficient (Wildman–Crippen LogP) is 3.83. The van der Waals surface area contributed by atoms with Crippen molar-refractivity contribution in [3.63, 3.8) is 0 Å². The first-order valence-corrected chi connectivity index (χ1v) is 8.52. The van der Waals surface area contributed by atoms with Crippen molar-refractivity contribution in [2.24, 2.45) is 0 Å². The maximum atomic E-state index is 10.7. The van der Waals surface area contributed by atoms with Crippen LogP contribution in [0.25, 0.3) is 0 Å². The molecule has 0 radical (unpaired) electrons. The lowest BCUT2D eigenvalue weighted by Crippen LogP contribution is -2.03. The largest absolute Gasteiger partial charge is 0.270 e. The number of rotatable bonds is 11. The average Bonchev–Trinajstić information content (AvgIpc) is 2.29. The van der Waals surface area contributed by atoms with Crippen LogP contribution in [0.3, 0.4) is 0 Å². The SMILES string of the molecule is CCCC/C=C/CC/C=C\CCCOS(C)(=O)=O. The molecule has 0 aliphatic heterocycles. The molecule has 3 nitrogen and oxygen atoms in total. The van der Waals surface area contributed by atoms with E-state index >= 15 is 0 Å². The Balaban J connectivity index is 3.31. The van der Waals surface area contributed by atoms with Gasteiger partial charge in [-0.05, 0) is 32.1 Å². The van der Waals surface area contributed by atoms with Crippen LogP contribution in [0.2, 0.25) is 0 Å². The zero-order valence-corrected chi connectivity index (χ0v) is 12.4. The van der Waals surface area contributed by atoms with Crippen molar-refractivity contribution in [3.05, 3.63) is 24.3 Å². The fourth-order valence-corrected chi connectivity index (χ4v) is 1.82. The summed E-state index contributed by atoms with van der Waals surface area (Å²) in [5.41, 5.74) is 0. The van der Waals surface area contributed by atoms with Gasteiger partial charge in [-0.1, -0.05) is 44.1 Å². The Morgan fingerprint density at radius 3 is 1.89 bits per heavy atom. The molecule has 0 saturated heterocycles. The van der Waals surface area contributed by atoms with Gasteiger partial charge in [0.2, 0.25) is 0 Å². The fourth-order valence-electron chi connectivity index (χ4n) is 1.40. The van der Waals surface area contributed by atoms with Crippen molar-refractivity contribution in [2.45, 2.75) is 51.9 Å². The summed E-state index contributed by atoms with van der Waals surface area (Å²) in [5, 5.41) is 0. The highest BCUT2D eigenvalue weighted by Crippen LogP contribution is 2.00. The summed E-state index contributed by atoms with van der Waals surface area (Å²) in [5.74, 6) is 0. The molecule has 0 spiro atoms. The Bertz CT molecular complexity index is 329. The minimum Gasteiger partial charge on any atom is -0.270 e. The predicted molar refractivity (Wildman–Crippen MR) is 77.1 cm³/mol. The van der Waals surface area contributed by atoms with Crippen LogP contribution in [0.5, 0.6) is 0 Å². The zero-order valence-electron chi connectivity index (χ0n) is 11.6. The smallest absolute Gasteiger partial charge is 0.264 e. The van der Waals surface area contributed by atoms with Gasteiger partial charge in [0.15, 0.2) is 0 Å². The van der Waals surface area contributed by atoms with E-state index in [9.17, 15) is 8.42 Å². The van der Waals surface area contributed by atoms with E-state index in [1.165, 1.54) is 19.3 Å². The van der Waals surface area contributed by atoms with Crippen molar-refractivity contribution in [3.8, 4) is 0 Å². The molecule has 106 valence electrons. The van der Waals surface area contributed by atoms with E-state index in [-0.39, 0.29) is 6.61 Å². The Hall–Kier alpha value is -0.610. The molecule has 0 aromatic carbocycles. The summed E-state index contributed by atoms with van der Waals surface area (Å²) >= 11 is 0. The molecule has 0 aliphatic rings. The molecular weight excluding hydrogens is 248 g/mol. The second-order valence-corrected chi connectivity index (χ2v) is 5.97. The molecule has 0 aromatic rings. The van der Waals surface area contributed by atoms with E-state index in [4.69, 9.17) is 0 Å². The Morgan fingerprint density at radius 2 is 1.39 bits per heavy atom. The molecule has 0 aliphatic carbocycles. The summed E-state index contributed by atoms with van der Waals surface area (Å²) in [6.45, 7) is 2.48. The van der Waals surface area contributed by atoms with Crippen LogP contribution in [0.15, 0.2) is 24.3 Å². The molecule has 0 N–H and O–H groups in total. The van der Waals surface area contributed by atoms with Gasteiger partial charge in [-0.2, -0.15) is 8.42 Å². The van der Waals surface area contributed by atoms with Gasteiger partial charge in [0.25, 0.3) is 10.1 Å². The minimum absolute atomic E-state index is 0.278. The van der Waals surface area contributed by atoms with E-state index in [1.54, 1.807) is 0 Å². The molecule has 0 heterocycles. The highest BCUT2D eigenvalue weighted by molar-refractivity contribution is 7.85. The van der Waals surface area contributed by atoms with Gasteiger partial charge in [-0.3, -0.25) is 4.18 Å². The van der Waals surface area contributed by atoms with E-state index < -0.39 is 10.1 Å². The van der Waals surface area contributed by atoms with E-state index in [1.807, 2.05) is 0 Å². The zero-order chi connectivity index (χ0) is 13.7. The average molecular weight is 274 g/mol. The summed E-state index contributed by atoms with van der Waals surface area (Å²) in [4.78, 5) is 0. The van der Waals surface area contributed by atoms with Gasteiger partial charge in [-0.15, -0.1) is 0 Å². The van der Waals surface area contributed by atoms with Crippen LogP contribution in [0.4, 0.5) is 0 Å². The van der Waals surface area contributed by atoms with Crippen LogP contribution in [0.1, 0.15) is 51.9 Å². The number of hydrogen-bond donors (Lipinski definition) is 0. The summed E-state index contributed by atoms with van der Waals surface area (Å²) < 4.78 is 26.0. The molecule has 0 rings (SSSR count). The first kappa shape index (κ1) is 17.4. The first-order chi connectivity index (χ1) is 8.56. The molecule has 0 bridgehead atoms. The minimum atomic E-state index is -3.27. The van der Waals surface area contributed by atoms with Gasteiger partial charge < -0.3 is 0 Å². The first-order valence-electron chi connectivity index (χ1n) is 6.70. The lowest BCUT2D eigenvalue weighted by atomic mass is 10.2. The van der Waals surface area contributed by atoms with Gasteiger partial charge >= 0.3 is 0 Å². The van der Waals surface area contributed by atoms with Crippen LogP contribution in [-0.4, -0.2) is 21.3 Å². The molecule has 0 aromatic heterocycles. The number of unbranched alkanes of at least 4 members (excludes halogenated alkanes) is 4. The van der Waals surface area contributed by atoms with Crippen LogP contribution >= 0.6 is 0 Å². The molecule has 0 amide bonds. The van der Waals surface area contributed by atoms with Crippen LogP contribution < -0.4 is 0 Å². The lowest BCUT2D eigenvalue weighted by molar-refractivity contribution is 0.317. The Kier molecular flexibility index (Phi) is 11.1. The van der Waals surface area contributed by atoms with Crippen LogP contribution in [-0.2, 0) is 14.3 Å². The third-order valence-electron chi connectivity index (χ3n) is 2.37. The molecule has 4 heteroatoms. The quantitative estimate of drug-likeness (QED) is 0.327. The van der Waals surface area contributed by atoms with Crippen molar-refractivity contribution in [2.75, 3.05) is 12.9 Å². The summed E-state index contributed by atoms with van der Waals surface area (Å²) in [6.07, 6.45) is 17.2. The molecule has 18 heavy (non-hydrogen) atoms. The normalized spacial score (nSPS) is 12.8. The van der Waals surface area contributed by atoms with Crippen molar-refractivity contribution < 1.29 is 12.6 Å². The monoisotopic (exact) mass is 274 g/mol. The number of allylic oxidation sites excluding steroid dienone is 4. The van der Waals surface area contributed by atoms with Crippen molar-refractivity contribution >= 4 is 10.1 Å². The topological polar surface area (TPSA) is 43.4 Å². The van der Waals surface area contributed by atoms with E-state index in [0.29, 0.717) is 0 Å². The van der Waals surface area contributed by atoms with Crippen molar-refractivity contribution in [1.29, 1.82) is 0 Å². The maximum Gasteiger partial charge on any atom is 0.264 e. The van der Waals surface area contributed by atoms with Gasteiger partial charge in [0.05, 0.1) is 12.9 Å². The lowest BCUT2D eigenvalue weighted by Gasteiger charge is -1.97. The summed E-state index contributed by atoms with van der Waals surface area (Å²) in [7, 11) is -3.27. The molecule has 0 fully saturated rings. The molecular formula is C14H26O3S. The molecule has 0 saturated carbocycles. The highest BCUT2D eigenvalue weighted by atomic mass is 32.2. The van der Waals surface area contributed by atoms with Gasteiger partial charge in [0, 0.05) is 0 Å².